The highest BCUT2D eigenvalue weighted by Gasteiger charge is 2.19. The van der Waals surface area contributed by atoms with Gasteiger partial charge in [-0.15, -0.1) is 0 Å². The lowest BCUT2D eigenvalue weighted by Gasteiger charge is -2.13. The van der Waals surface area contributed by atoms with E-state index in [4.69, 9.17) is 4.74 Å². The smallest absolute Gasteiger partial charge is 0.344 e. The molecule has 1 amide bonds. The number of esters is 1. The van der Waals surface area contributed by atoms with Crippen molar-refractivity contribution in [3.63, 3.8) is 0 Å². The molecule has 0 aliphatic heterocycles. The fourth-order valence-electron chi connectivity index (χ4n) is 3.51. The standard InChI is InChI=1S/C23H25N3O4/c1-6-26-11-18(21(28)17-8-7-16(5)24-22(17)26)23(29)30-12-19(27)25-20-14(3)9-13(2)10-15(20)4/h7-11H,6,12H2,1-5H3,(H,25,27). The topological polar surface area (TPSA) is 90.3 Å². The highest BCUT2D eigenvalue weighted by molar-refractivity contribution is 5.97. The van der Waals surface area contributed by atoms with Crippen LogP contribution in [0.3, 0.4) is 0 Å². The molecule has 156 valence electrons. The van der Waals surface area contributed by atoms with E-state index in [1.54, 1.807) is 16.7 Å². The second-order valence-corrected chi connectivity index (χ2v) is 7.38. The molecule has 0 unspecified atom stereocenters. The van der Waals surface area contributed by atoms with Gasteiger partial charge in [-0.2, -0.15) is 0 Å². The number of nitrogens with one attached hydrogen (secondary N) is 1. The van der Waals surface area contributed by atoms with E-state index in [2.05, 4.69) is 10.3 Å². The maximum Gasteiger partial charge on any atom is 0.344 e. The van der Waals surface area contributed by atoms with Crippen LogP contribution >= 0.6 is 0 Å². The summed E-state index contributed by atoms with van der Waals surface area (Å²) in [5, 5.41) is 3.12. The van der Waals surface area contributed by atoms with Crippen molar-refractivity contribution in [2.24, 2.45) is 0 Å². The van der Waals surface area contributed by atoms with E-state index in [1.807, 2.05) is 46.8 Å². The Balaban J connectivity index is 1.79. The number of carbonyl (C=O) groups excluding carboxylic acids is 2. The van der Waals surface area contributed by atoms with Gasteiger partial charge in [-0.1, -0.05) is 17.7 Å². The van der Waals surface area contributed by atoms with Gasteiger partial charge in [0.25, 0.3) is 5.91 Å². The summed E-state index contributed by atoms with van der Waals surface area (Å²) in [6.07, 6.45) is 1.44. The molecule has 0 saturated carbocycles. The maximum absolute atomic E-state index is 12.8. The van der Waals surface area contributed by atoms with E-state index >= 15 is 0 Å². The number of hydrogen-bond donors (Lipinski definition) is 1. The number of rotatable bonds is 5. The lowest BCUT2D eigenvalue weighted by Crippen LogP contribution is -2.26. The number of amides is 1. The lowest BCUT2D eigenvalue weighted by atomic mass is 10.1. The molecule has 2 aromatic heterocycles. The van der Waals surface area contributed by atoms with Crippen molar-refractivity contribution in [2.75, 3.05) is 11.9 Å². The number of fused-ring (bicyclic) bond motifs is 1. The Labute approximate surface area is 174 Å². The van der Waals surface area contributed by atoms with Gasteiger partial charge in [-0.25, -0.2) is 9.78 Å². The van der Waals surface area contributed by atoms with Crippen LogP contribution < -0.4 is 10.7 Å². The van der Waals surface area contributed by atoms with Crippen molar-refractivity contribution < 1.29 is 14.3 Å². The highest BCUT2D eigenvalue weighted by atomic mass is 16.5. The summed E-state index contributed by atoms with van der Waals surface area (Å²) < 4.78 is 6.86. The molecule has 0 radical (unpaired) electrons. The lowest BCUT2D eigenvalue weighted by molar-refractivity contribution is -0.119. The number of hydrogen-bond acceptors (Lipinski definition) is 5. The number of ether oxygens (including phenoxy) is 1. The molecule has 1 N–H and O–H groups in total. The third kappa shape index (κ3) is 4.25. The summed E-state index contributed by atoms with van der Waals surface area (Å²) in [5.41, 5.74) is 4.36. The second-order valence-electron chi connectivity index (χ2n) is 7.38. The molecule has 0 fully saturated rings. The Morgan fingerprint density at radius 1 is 1.10 bits per heavy atom. The summed E-state index contributed by atoms with van der Waals surface area (Å²) >= 11 is 0. The van der Waals surface area contributed by atoms with E-state index in [9.17, 15) is 14.4 Å². The first-order valence-electron chi connectivity index (χ1n) is 9.77. The van der Waals surface area contributed by atoms with Crippen LogP contribution in [0.5, 0.6) is 0 Å². The van der Waals surface area contributed by atoms with E-state index in [1.165, 1.54) is 6.20 Å². The molecule has 2 heterocycles. The highest BCUT2D eigenvalue weighted by Crippen LogP contribution is 2.21. The summed E-state index contributed by atoms with van der Waals surface area (Å²) in [6.45, 7) is 9.56. The fourth-order valence-corrected chi connectivity index (χ4v) is 3.51. The summed E-state index contributed by atoms with van der Waals surface area (Å²) in [5.74, 6) is -1.30. The van der Waals surface area contributed by atoms with Crippen LogP contribution in [0.1, 0.15) is 39.7 Å². The van der Waals surface area contributed by atoms with Crippen molar-refractivity contribution >= 4 is 28.6 Å². The third-order valence-corrected chi connectivity index (χ3v) is 4.90. The average Bonchev–Trinajstić information content (AvgIpc) is 2.69. The first kappa shape index (κ1) is 21.2. The van der Waals surface area contributed by atoms with Gasteiger partial charge in [0.1, 0.15) is 11.2 Å². The van der Waals surface area contributed by atoms with Gasteiger partial charge in [-0.3, -0.25) is 9.59 Å². The van der Waals surface area contributed by atoms with Crippen LogP contribution in [-0.2, 0) is 16.1 Å². The zero-order valence-corrected chi connectivity index (χ0v) is 17.8. The van der Waals surface area contributed by atoms with Crippen LogP contribution in [0.15, 0.2) is 35.3 Å². The van der Waals surface area contributed by atoms with Crippen molar-refractivity contribution in [3.8, 4) is 0 Å². The molecule has 7 heteroatoms. The molecule has 30 heavy (non-hydrogen) atoms. The van der Waals surface area contributed by atoms with E-state index in [0.717, 1.165) is 22.4 Å². The molecule has 0 aliphatic carbocycles. The Hall–Kier alpha value is -3.48. The van der Waals surface area contributed by atoms with E-state index in [0.29, 0.717) is 23.3 Å². The van der Waals surface area contributed by atoms with Crippen LogP contribution in [-0.4, -0.2) is 28.0 Å². The molecule has 0 spiro atoms. The van der Waals surface area contributed by atoms with Crippen LogP contribution in [0, 0.1) is 27.7 Å². The normalized spacial score (nSPS) is 10.8. The van der Waals surface area contributed by atoms with E-state index in [-0.39, 0.29) is 5.56 Å². The summed E-state index contributed by atoms with van der Waals surface area (Å²) in [6, 6.07) is 7.30. The zero-order chi connectivity index (χ0) is 22.0. The average molecular weight is 407 g/mol. The van der Waals surface area contributed by atoms with Crippen LogP contribution in [0.25, 0.3) is 11.0 Å². The number of pyridine rings is 2. The second kappa shape index (κ2) is 8.49. The Bertz CT molecular complexity index is 1190. The van der Waals surface area contributed by atoms with Gasteiger partial charge in [0.2, 0.25) is 5.43 Å². The first-order chi connectivity index (χ1) is 14.2. The molecule has 0 atom stereocenters. The van der Waals surface area contributed by atoms with Crippen molar-refractivity contribution in [3.05, 3.63) is 68.6 Å². The minimum Gasteiger partial charge on any atom is -0.452 e. The Morgan fingerprint density at radius 3 is 2.40 bits per heavy atom. The molecule has 3 aromatic rings. The molecular formula is C23H25N3O4. The van der Waals surface area contributed by atoms with Crippen molar-refractivity contribution in [1.82, 2.24) is 9.55 Å². The Morgan fingerprint density at radius 2 is 1.77 bits per heavy atom. The quantitative estimate of drug-likeness (QED) is 0.654. The molecule has 0 saturated heterocycles. The number of anilines is 1. The van der Waals surface area contributed by atoms with Gasteiger partial charge in [0.05, 0.1) is 5.39 Å². The molecular weight excluding hydrogens is 382 g/mol. The Kier molecular flexibility index (Phi) is 6.01. The zero-order valence-electron chi connectivity index (χ0n) is 17.8. The van der Waals surface area contributed by atoms with Crippen molar-refractivity contribution in [2.45, 2.75) is 41.2 Å². The first-order valence-corrected chi connectivity index (χ1v) is 9.77. The predicted molar refractivity (Wildman–Crippen MR) is 116 cm³/mol. The van der Waals surface area contributed by atoms with Gasteiger partial charge >= 0.3 is 5.97 Å². The predicted octanol–water partition coefficient (Wildman–Crippen LogP) is 3.45. The van der Waals surface area contributed by atoms with Crippen LogP contribution in [0.4, 0.5) is 5.69 Å². The number of nitrogens with zero attached hydrogens (tertiary/aromatic N) is 2. The molecule has 0 aliphatic rings. The summed E-state index contributed by atoms with van der Waals surface area (Å²) in [7, 11) is 0. The minimum atomic E-state index is -0.836. The largest absolute Gasteiger partial charge is 0.452 e. The van der Waals surface area contributed by atoms with Gasteiger partial charge in [-0.05, 0) is 57.9 Å². The van der Waals surface area contributed by atoms with Crippen molar-refractivity contribution in [1.29, 1.82) is 0 Å². The van der Waals surface area contributed by atoms with Gasteiger partial charge in [0.15, 0.2) is 6.61 Å². The van der Waals surface area contributed by atoms with E-state index < -0.39 is 23.9 Å². The minimum absolute atomic E-state index is 0.120. The van der Waals surface area contributed by atoms with Gasteiger partial charge < -0.3 is 14.6 Å². The number of carbonyl (C=O) groups is 2. The third-order valence-electron chi connectivity index (χ3n) is 4.90. The maximum atomic E-state index is 12.8. The molecule has 7 nitrogen and oxygen atoms in total. The molecule has 1 aromatic carbocycles. The number of aromatic nitrogens is 2. The van der Waals surface area contributed by atoms with Crippen LogP contribution in [0.2, 0.25) is 0 Å². The molecule has 0 bridgehead atoms. The number of benzene rings is 1. The fraction of sp³-hybridized carbons (Fsp3) is 0.304. The monoisotopic (exact) mass is 407 g/mol. The number of aryl methyl sites for hydroxylation is 5. The SMILES string of the molecule is CCn1cc(C(=O)OCC(=O)Nc2c(C)cc(C)cc2C)c(=O)c2ccc(C)nc21. The molecule has 3 rings (SSSR count). The van der Waals surface area contributed by atoms with Gasteiger partial charge in [0, 0.05) is 24.1 Å². The summed E-state index contributed by atoms with van der Waals surface area (Å²) in [4.78, 5) is 42.0.